The molecule has 1 aliphatic carbocycles. The van der Waals surface area contributed by atoms with Crippen LogP contribution in [-0.4, -0.2) is 35.2 Å². The lowest BCUT2D eigenvalue weighted by atomic mass is 10.2. The van der Waals surface area contributed by atoms with Gasteiger partial charge in [0.2, 0.25) is 0 Å². The number of rotatable bonds is 6. The summed E-state index contributed by atoms with van der Waals surface area (Å²) in [5, 5.41) is 11.8. The van der Waals surface area contributed by atoms with Gasteiger partial charge >= 0.3 is 6.03 Å². The van der Waals surface area contributed by atoms with Crippen molar-refractivity contribution in [2.45, 2.75) is 38.6 Å². The molecule has 0 radical (unpaired) electrons. The second-order valence-corrected chi connectivity index (χ2v) is 5.10. The van der Waals surface area contributed by atoms with Crippen LogP contribution in [0.4, 0.5) is 10.5 Å². The fourth-order valence-electron chi connectivity index (χ4n) is 2.13. The maximum atomic E-state index is 12.3. The first-order valence-electron chi connectivity index (χ1n) is 6.96. The minimum atomic E-state index is -0.0188. The predicted octanol–water partition coefficient (Wildman–Crippen LogP) is 2.76. The molecule has 2 amide bonds. The van der Waals surface area contributed by atoms with Crippen molar-refractivity contribution in [3.8, 4) is 0 Å². The number of aliphatic hydroxyl groups excluding tert-OH is 1. The van der Waals surface area contributed by atoms with Gasteiger partial charge in [0.1, 0.15) is 0 Å². The van der Waals surface area contributed by atoms with Crippen LogP contribution in [0.25, 0.3) is 0 Å². The molecule has 0 aliphatic heterocycles. The van der Waals surface area contributed by atoms with Gasteiger partial charge in [-0.3, -0.25) is 0 Å². The Hall–Kier alpha value is -1.55. The van der Waals surface area contributed by atoms with Crippen molar-refractivity contribution in [3.63, 3.8) is 0 Å². The third-order valence-electron chi connectivity index (χ3n) is 3.44. The SMILES string of the molecule is Cc1ccccc1NC(=O)N(CCCCO)C1CC1. The number of hydrogen-bond donors (Lipinski definition) is 2. The van der Waals surface area contributed by atoms with Gasteiger partial charge in [0.15, 0.2) is 0 Å². The van der Waals surface area contributed by atoms with Crippen LogP contribution in [0.1, 0.15) is 31.2 Å². The average molecular weight is 262 g/mol. The summed E-state index contributed by atoms with van der Waals surface area (Å²) in [5.41, 5.74) is 1.95. The second kappa shape index (κ2) is 6.57. The molecule has 1 aromatic rings. The van der Waals surface area contributed by atoms with Crippen molar-refractivity contribution >= 4 is 11.7 Å². The minimum Gasteiger partial charge on any atom is -0.396 e. The van der Waals surface area contributed by atoms with Crippen LogP contribution in [-0.2, 0) is 0 Å². The molecule has 0 unspecified atom stereocenters. The first-order valence-corrected chi connectivity index (χ1v) is 6.96. The van der Waals surface area contributed by atoms with Crippen molar-refractivity contribution in [2.24, 2.45) is 0 Å². The first-order chi connectivity index (χ1) is 9.22. The molecular weight excluding hydrogens is 240 g/mol. The number of para-hydroxylation sites is 1. The minimum absolute atomic E-state index is 0.0188. The summed E-state index contributed by atoms with van der Waals surface area (Å²) in [6.45, 7) is 2.91. The number of nitrogens with zero attached hydrogens (tertiary/aromatic N) is 1. The number of benzene rings is 1. The van der Waals surface area contributed by atoms with Crippen molar-refractivity contribution in [3.05, 3.63) is 29.8 Å². The summed E-state index contributed by atoms with van der Waals surface area (Å²) < 4.78 is 0. The van der Waals surface area contributed by atoms with E-state index in [1.807, 2.05) is 36.1 Å². The number of carbonyl (C=O) groups is 1. The molecule has 0 aromatic heterocycles. The molecular formula is C15H22N2O2. The molecule has 0 bridgehead atoms. The first kappa shape index (κ1) is 13.9. The molecule has 19 heavy (non-hydrogen) atoms. The molecule has 1 fully saturated rings. The molecule has 1 aromatic carbocycles. The molecule has 4 nitrogen and oxygen atoms in total. The van der Waals surface area contributed by atoms with Crippen molar-refractivity contribution in [1.29, 1.82) is 0 Å². The summed E-state index contributed by atoms with van der Waals surface area (Å²) in [6.07, 6.45) is 3.80. The average Bonchev–Trinajstić information content (AvgIpc) is 3.22. The molecule has 2 N–H and O–H groups in total. The van der Waals surface area contributed by atoms with Gasteiger partial charge in [0.25, 0.3) is 0 Å². The molecule has 104 valence electrons. The smallest absolute Gasteiger partial charge is 0.322 e. The Labute approximate surface area is 114 Å². The van der Waals surface area contributed by atoms with Gasteiger partial charge < -0.3 is 15.3 Å². The number of carbonyl (C=O) groups excluding carboxylic acids is 1. The lowest BCUT2D eigenvalue weighted by Crippen LogP contribution is -2.37. The Morgan fingerprint density at radius 1 is 1.37 bits per heavy atom. The maximum absolute atomic E-state index is 12.3. The molecule has 0 atom stereocenters. The van der Waals surface area contributed by atoms with Gasteiger partial charge in [-0.25, -0.2) is 4.79 Å². The molecule has 1 saturated carbocycles. The van der Waals surface area contributed by atoms with E-state index in [0.29, 0.717) is 6.04 Å². The van der Waals surface area contributed by atoms with E-state index < -0.39 is 0 Å². The Balaban J connectivity index is 1.94. The van der Waals surface area contributed by atoms with Gasteiger partial charge in [-0.1, -0.05) is 18.2 Å². The van der Waals surface area contributed by atoms with Gasteiger partial charge in [0.05, 0.1) is 0 Å². The molecule has 0 saturated heterocycles. The summed E-state index contributed by atoms with van der Waals surface area (Å²) in [5.74, 6) is 0. The fraction of sp³-hybridized carbons (Fsp3) is 0.533. The third-order valence-corrected chi connectivity index (χ3v) is 3.44. The maximum Gasteiger partial charge on any atom is 0.322 e. The Morgan fingerprint density at radius 2 is 2.11 bits per heavy atom. The van der Waals surface area contributed by atoms with Crippen molar-refractivity contribution in [1.82, 2.24) is 4.90 Å². The van der Waals surface area contributed by atoms with Crippen LogP contribution in [0.2, 0.25) is 0 Å². The molecule has 0 heterocycles. The third kappa shape index (κ3) is 3.96. The van der Waals surface area contributed by atoms with E-state index in [1.54, 1.807) is 0 Å². The standard InChI is InChI=1S/C15H22N2O2/c1-12-6-2-3-7-14(12)16-15(19)17(13-8-9-13)10-4-5-11-18/h2-3,6-7,13,18H,4-5,8-11H2,1H3,(H,16,19). The number of unbranched alkanes of at least 4 members (excludes halogenated alkanes) is 1. The molecule has 0 spiro atoms. The van der Waals surface area contributed by atoms with Gasteiger partial charge in [-0.2, -0.15) is 0 Å². The van der Waals surface area contributed by atoms with E-state index in [9.17, 15) is 4.79 Å². The van der Waals surface area contributed by atoms with Gasteiger partial charge in [-0.15, -0.1) is 0 Å². The summed E-state index contributed by atoms with van der Waals surface area (Å²) in [7, 11) is 0. The number of aryl methyl sites for hydroxylation is 1. The van der Waals surface area contributed by atoms with E-state index in [0.717, 1.165) is 43.5 Å². The number of aliphatic hydroxyl groups is 1. The lowest BCUT2D eigenvalue weighted by molar-refractivity contribution is 0.204. The van der Waals surface area contributed by atoms with Crippen molar-refractivity contribution in [2.75, 3.05) is 18.5 Å². The zero-order valence-corrected chi connectivity index (χ0v) is 11.4. The summed E-state index contributed by atoms with van der Waals surface area (Å²) in [6, 6.07) is 8.17. The van der Waals surface area contributed by atoms with E-state index in [2.05, 4.69) is 5.32 Å². The Kier molecular flexibility index (Phi) is 4.80. The highest BCUT2D eigenvalue weighted by atomic mass is 16.3. The second-order valence-electron chi connectivity index (χ2n) is 5.10. The van der Waals surface area contributed by atoms with Crippen LogP contribution in [0.5, 0.6) is 0 Å². The van der Waals surface area contributed by atoms with Crippen LogP contribution in [0, 0.1) is 6.92 Å². The highest BCUT2D eigenvalue weighted by Crippen LogP contribution is 2.28. The van der Waals surface area contributed by atoms with Crippen LogP contribution < -0.4 is 5.32 Å². The quantitative estimate of drug-likeness (QED) is 0.774. The zero-order chi connectivity index (χ0) is 13.7. The summed E-state index contributed by atoms with van der Waals surface area (Å²) >= 11 is 0. The van der Waals surface area contributed by atoms with E-state index in [4.69, 9.17) is 5.11 Å². The number of amides is 2. The monoisotopic (exact) mass is 262 g/mol. The van der Waals surface area contributed by atoms with E-state index in [-0.39, 0.29) is 12.6 Å². The van der Waals surface area contributed by atoms with Crippen molar-refractivity contribution < 1.29 is 9.90 Å². The number of urea groups is 1. The highest BCUT2D eigenvalue weighted by Gasteiger charge is 2.32. The molecule has 4 heteroatoms. The number of anilines is 1. The topological polar surface area (TPSA) is 52.6 Å². The van der Waals surface area contributed by atoms with E-state index in [1.165, 1.54) is 0 Å². The fourth-order valence-corrected chi connectivity index (χ4v) is 2.13. The Morgan fingerprint density at radius 3 is 2.74 bits per heavy atom. The number of hydrogen-bond acceptors (Lipinski definition) is 2. The van der Waals surface area contributed by atoms with Gasteiger partial charge in [-0.05, 0) is 44.2 Å². The van der Waals surface area contributed by atoms with Crippen LogP contribution >= 0.6 is 0 Å². The lowest BCUT2D eigenvalue weighted by Gasteiger charge is -2.23. The summed E-state index contributed by atoms with van der Waals surface area (Å²) in [4.78, 5) is 14.2. The van der Waals surface area contributed by atoms with Gasteiger partial charge in [0, 0.05) is 24.9 Å². The predicted molar refractivity (Wildman–Crippen MR) is 76.2 cm³/mol. The normalized spacial score (nSPS) is 14.2. The number of nitrogens with one attached hydrogen (secondary N) is 1. The molecule has 2 rings (SSSR count). The highest BCUT2D eigenvalue weighted by molar-refractivity contribution is 5.90. The van der Waals surface area contributed by atoms with E-state index >= 15 is 0 Å². The van der Waals surface area contributed by atoms with Crippen LogP contribution in [0.3, 0.4) is 0 Å². The molecule has 1 aliphatic rings. The largest absolute Gasteiger partial charge is 0.396 e. The zero-order valence-electron chi connectivity index (χ0n) is 11.4. The van der Waals surface area contributed by atoms with Crippen LogP contribution in [0.15, 0.2) is 24.3 Å². The Bertz CT molecular complexity index is 430.